The molecular weight excluding hydrogens is 380 g/mol. The van der Waals surface area contributed by atoms with Gasteiger partial charge in [-0.15, -0.1) is 0 Å². The summed E-state index contributed by atoms with van der Waals surface area (Å²) in [4.78, 5) is 23.7. The van der Waals surface area contributed by atoms with Crippen LogP contribution in [0.4, 0.5) is 11.4 Å². The fourth-order valence-corrected chi connectivity index (χ4v) is 3.79. The van der Waals surface area contributed by atoms with Gasteiger partial charge in [-0.05, 0) is 18.6 Å². The quantitative estimate of drug-likeness (QED) is 0.154. The largest absolute Gasteiger partial charge is 0.478 e. The summed E-state index contributed by atoms with van der Waals surface area (Å²) in [6.07, 6.45) is 18.2. The fourth-order valence-electron chi connectivity index (χ4n) is 3.79. The molecule has 0 amide bonds. The molecule has 1 aromatic rings. The molecule has 0 radical (unpaired) electrons. The summed E-state index contributed by atoms with van der Waals surface area (Å²) >= 11 is 0. The number of rotatable bonds is 18. The Labute approximate surface area is 181 Å². The molecule has 1 aromatic carbocycles. The number of nitro benzene ring substituents is 1. The standard InChI is InChI=1S/C24H40N2O4/c1-3-4-5-6-7-8-9-10-11-12-13-14-15-16-19-25(2)22-18-17-21(24(27)28)20-23(22)26(29)30/h17-18,20H,3-16,19H2,1-2H3,(H,27,28). The van der Waals surface area contributed by atoms with Crippen molar-refractivity contribution in [1.82, 2.24) is 0 Å². The number of nitro groups is 1. The Morgan fingerprint density at radius 3 is 1.80 bits per heavy atom. The Morgan fingerprint density at radius 2 is 1.37 bits per heavy atom. The summed E-state index contributed by atoms with van der Waals surface area (Å²) in [5.41, 5.74) is 0.262. The lowest BCUT2D eigenvalue weighted by Crippen LogP contribution is -2.20. The van der Waals surface area contributed by atoms with Crippen LogP contribution in [0.25, 0.3) is 0 Å². The Hall–Kier alpha value is -2.11. The Morgan fingerprint density at radius 1 is 0.900 bits per heavy atom. The number of hydrogen-bond donors (Lipinski definition) is 1. The molecule has 1 rings (SSSR count). The van der Waals surface area contributed by atoms with E-state index in [0.29, 0.717) is 5.69 Å². The molecule has 0 aliphatic heterocycles. The molecule has 0 aliphatic carbocycles. The Bertz CT molecular complexity index is 634. The maximum Gasteiger partial charge on any atom is 0.335 e. The van der Waals surface area contributed by atoms with Gasteiger partial charge in [-0.2, -0.15) is 0 Å². The molecule has 0 bridgehead atoms. The number of carbonyl (C=O) groups is 1. The van der Waals surface area contributed by atoms with Gasteiger partial charge < -0.3 is 10.0 Å². The minimum absolute atomic E-state index is 0.0599. The van der Waals surface area contributed by atoms with E-state index < -0.39 is 10.9 Å². The molecule has 0 heterocycles. The van der Waals surface area contributed by atoms with Crippen LogP contribution in [0.3, 0.4) is 0 Å². The third-order valence-electron chi connectivity index (χ3n) is 5.68. The first-order valence-electron chi connectivity index (χ1n) is 11.7. The van der Waals surface area contributed by atoms with Crippen molar-refractivity contribution in [2.45, 2.75) is 96.8 Å². The first kappa shape index (κ1) is 25.9. The van der Waals surface area contributed by atoms with Crippen LogP contribution in [0.2, 0.25) is 0 Å². The average Bonchev–Trinajstić information content (AvgIpc) is 2.73. The highest BCUT2D eigenvalue weighted by atomic mass is 16.6. The topological polar surface area (TPSA) is 83.7 Å². The lowest BCUT2D eigenvalue weighted by atomic mass is 10.0. The van der Waals surface area contributed by atoms with Gasteiger partial charge >= 0.3 is 5.97 Å². The minimum atomic E-state index is -1.15. The molecule has 0 saturated heterocycles. The predicted molar refractivity (Wildman–Crippen MR) is 124 cm³/mol. The number of carboxylic acids is 1. The van der Waals surface area contributed by atoms with Crippen LogP contribution in [0.5, 0.6) is 0 Å². The van der Waals surface area contributed by atoms with Crippen molar-refractivity contribution in [1.29, 1.82) is 0 Å². The molecule has 0 saturated carbocycles. The SMILES string of the molecule is CCCCCCCCCCCCCCCCN(C)c1ccc(C(=O)O)cc1[N+](=O)[O-]. The van der Waals surface area contributed by atoms with Crippen molar-refractivity contribution in [3.63, 3.8) is 0 Å². The van der Waals surface area contributed by atoms with Crippen LogP contribution in [-0.4, -0.2) is 29.6 Å². The van der Waals surface area contributed by atoms with E-state index in [2.05, 4.69) is 6.92 Å². The molecule has 0 aromatic heterocycles. The van der Waals surface area contributed by atoms with Crippen LogP contribution < -0.4 is 4.90 Å². The molecule has 170 valence electrons. The second kappa shape index (κ2) is 15.7. The van der Waals surface area contributed by atoms with Crippen molar-refractivity contribution in [3.05, 3.63) is 33.9 Å². The third kappa shape index (κ3) is 10.6. The van der Waals surface area contributed by atoms with E-state index >= 15 is 0 Å². The van der Waals surface area contributed by atoms with Gasteiger partial charge in [-0.25, -0.2) is 4.79 Å². The number of anilines is 1. The summed E-state index contributed by atoms with van der Waals surface area (Å²) in [7, 11) is 1.82. The van der Waals surface area contributed by atoms with Crippen molar-refractivity contribution in [3.8, 4) is 0 Å². The van der Waals surface area contributed by atoms with Gasteiger partial charge in [0.15, 0.2) is 0 Å². The number of hydrogen-bond acceptors (Lipinski definition) is 4. The molecule has 6 heteroatoms. The van der Waals surface area contributed by atoms with E-state index in [-0.39, 0.29) is 11.3 Å². The van der Waals surface area contributed by atoms with Crippen molar-refractivity contribution in [2.75, 3.05) is 18.5 Å². The average molecular weight is 421 g/mol. The van der Waals surface area contributed by atoms with E-state index in [1.807, 2.05) is 11.9 Å². The van der Waals surface area contributed by atoms with Crippen LogP contribution in [0.15, 0.2) is 18.2 Å². The highest BCUT2D eigenvalue weighted by Gasteiger charge is 2.19. The lowest BCUT2D eigenvalue weighted by molar-refractivity contribution is -0.384. The summed E-state index contributed by atoms with van der Waals surface area (Å²) in [6, 6.07) is 4.09. The number of benzene rings is 1. The molecule has 0 spiro atoms. The Balaban J connectivity index is 2.13. The van der Waals surface area contributed by atoms with Crippen LogP contribution in [0, 0.1) is 10.1 Å². The summed E-state index contributed by atoms with van der Waals surface area (Å²) < 4.78 is 0. The number of aromatic carboxylic acids is 1. The highest BCUT2D eigenvalue weighted by Crippen LogP contribution is 2.29. The van der Waals surface area contributed by atoms with Gasteiger partial charge in [-0.3, -0.25) is 10.1 Å². The van der Waals surface area contributed by atoms with Gasteiger partial charge in [0.1, 0.15) is 5.69 Å². The first-order chi connectivity index (χ1) is 14.5. The molecule has 0 unspecified atom stereocenters. The zero-order valence-electron chi connectivity index (χ0n) is 18.9. The first-order valence-corrected chi connectivity index (χ1v) is 11.7. The number of carboxylic acid groups (broad SMARTS) is 1. The molecule has 30 heavy (non-hydrogen) atoms. The maximum atomic E-state index is 11.3. The summed E-state index contributed by atoms with van der Waals surface area (Å²) in [5, 5.41) is 20.3. The van der Waals surface area contributed by atoms with Crippen LogP contribution in [0.1, 0.15) is 107 Å². The second-order valence-corrected chi connectivity index (χ2v) is 8.28. The zero-order chi connectivity index (χ0) is 22.2. The molecule has 1 N–H and O–H groups in total. The normalized spacial score (nSPS) is 10.9. The van der Waals surface area contributed by atoms with Crippen LogP contribution in [-0.2, 0) is 0 Å². The Kier molecular flexibility index (Phi) is 13.6. The number of unbranched alkanes of at least 4 members (excludes halogenated alkanes) is 13. The van der Waals surface area contributed by atoms with Gasteiger partial charge in [0.25, 0.3) is 5.69 Å². The zero-order valence-corrected chi connectivity index (χ0v) is 18.9. The van der Waals surface area contributed by atoms with Gasteiger partial charge in [0, 0.05) is 19.7 Å². The summed E-state index contributed by atoms with van der Waals surface area (Å²) in [6.45, 7) is 2.98. The van der Waals surface area contributed by atoms with E-state index in [1.54, 1.807) is 0 Å². The van der Waals surface area contributed by atoms with E-state index in [0.717, 1.165) is 25.5 Å². The molecule has 0 fully saturated rings. The highest BCUT2D eigenvalue weighted by molar-refractivity contribution is 5.89. The molecule has 0 atom stereocenters. The van der Waals surface area contributed by atoms with Crippen molar-refractivity contribution in [2.24, 2.45) is 0 Å². The van der Waals surface area contributed by atoms with Crippen LogP contribution >= 0.6 is 0 Å². The monoisotopic (exact) mass is 420 g/mol. The number of nitrogens with zero attached hydrogens (tertiary/aromatic N) is 2. The predicted octanol–water partition coefficient (Wildman–Crippen LogP) is 7.21. The lowest BCUT2D eigenvalue weighted by Gasteiger charge is -2.19. The smallest absolute Gasteiger partial charge is 0.335 e. The molecule has 0 aliphatic rings. The molecule has 6 nitrogen and oxygen atoms in total. The van der Waals surface area contributed by atoms with E-state index in [1.165, 1.54) is 89.2 Å². The molecular formula is C24H40N2O4. The fraction of sp³-hybridized carbons (Fsp3) is 0.708. The van der Waals surface area contributed by atoms with Gasteiger partial charge in [0.2, 0.25) is 0 Å². The third-order valence-corrected chi connectivity index (χ3v) is 5.68. The summed E-state index contributed by atoms with van der Waals surface area (Å²) in [5.74, 6) is -1.15. The van der Waals surface area contributed by atoms with E-state index in [4.69, 9.17) is 5.11 Å². The second-order valence-electron chi connectivity index (χ2n) is 8.28. The maximum absolute atomic E-state index is 11.3. The van der Waals surface area contributed by atoms with Crippen molar-refractivity contribution < 1.29 is 14.8 Å². The van der Waals surface area contributed by atoms with Gasteiger partial charge in [-0.1, -0.05) is 90.4 Å². The van der Waals surface area contributed by atoms with Gasteiger partial charge in [0.05, 0.1) is 10.5 Å². The van der Waals surface area contributed by atoms with Crippen molar-refractivity contribution >= 4 is 17.3 Å². The minimum Gasteiger partial charge on any atom is -0.478 e. The van der Waals surface area contributed by atoms with E-state index in [9.17, 15) is 14.9 Å².